The van der Waals surface area contributed by atoms with Gasteiger partial charge in [0.05, 0.1) is 18.3 Å². The van der Waals surface area contributed by atoms with Crippen LogP contribution in [0, 0.1) is 0 Å². The minimum atomic E-state index is -0.927. The van der Waals surface area contributed by atoms with Crippen LogP contribution in [-0.2, 0) is 11.3 Å². The van der Waals surface area contributed by atoms with Crippen LogP contribution in [0.4, 0.5) is 0 Å². The summed E-state index contributed by atoms with van der Waals surface area (Å²) in [5.41, 5.74) is 1.30. The second kappa shape index (κ2) is 10.4. The molecule has 7 heteroatoms. The summed E-state index contributed by atoms with van der Waals surface area (Å²) in [6, 6.07) is 4.53. The van der Waals surface area contributed by atoms with Crippen molar-refractivity contribution in [3.05, 3.63) is 24.1 Å². The van der Waals surface area contributed by atoms with Gasteiger partial charge in [0.15, 0.2) is 5.58 Å². The molecule has 2 aliphatic heterocycles. The van der Waals surface area contributed by atoms with Crippen molar-refractivity contribution in [3.8, 4) is 0 Å². The van der Waals surface area contributed by atoms with Gasteiger partial charge in [0.25, 0.3) is 5.91 Å². The van der Waals surface area contributed by atoms with Gasteiger partial charge in [-0.2, -0.15) is 0 Å². The lowest BCUT2D eigenvalue weighted by molar-refractivity contribution is -0.133. The lowest BCUT2D eigenvalue weighted by atomic mass is 9.92. The highest BCUT2D eigenvalue weighted by Crippen LogP contribution is 2.33. The minimum Gasteiger partial charge on any atom is -0.463 e. The zero-order valence-corrected chi connectivity index (χ0v) is 21.6. The van der Waals surface area contributed by atoms with Crippen LogP contribution in [0.25, 0.3) is 11.1 Å². The average molecular weight is 483 g/mol. The van der Waals surface area contributed by atoms with E-state index in [0.29, 0.717) is 30.4 Å². The van der Waals surface area contributed by atoms with Gasteiger partial charge in [-0.25, -0.2) is 0 Å². The molecule has 2 atom stereocenters. The summed E-state index contributed by atoms with van der Waals surface area (Å²) in [6.07, 6.45) is 14.5. The summed E-state index contributed by atoms with van der Waals surface area (Å²) >= 11 is 0. The van der Waals surface area contributed by atoms with E-state index < -0.39 is 5.54 Å². The zero-order chi connectivity index (χ0) is 24.4. The molecule has 2 amide bonds. The van der Waals surface area contributed by atoms with Gasteiger partial charge in [-0.05, 0) is 52.5 Å². The highest BCUT2D eigenvalue weighted by Gasteiger charge is 2.48. The van der Waals surface area contributed by atoms with Crippen LogP contribution < -0.4 is 5.32 Å². The van der Waals surface area contributed by atoms with Crippen LogP contribution in [0.2, 0.25) is 0 Å². The van der Waals surface area contributed by atoms with E-state index in [4.69, 9.17) is 4.42 Å². The number of hydrogen-bond donors (Lipinski definition) is 1. The maximum Gasteiger partial charge on any atom is 0.271 e. The highest BCUT2D eigenvalue weighted by molar-refractivity contribution is 6.02. The number of furan rings is 1. The third-order valence-electron chi connectivity index (χ3n) is 8.75. The number of hydrogen-bond acceptors (Lipinski definition) is 4. The van der Waals surface area contributed by atoms with E-state index in [1.54, 1.807) is 6.26 Å². The highest BCUT2D eigenvalue weighted by atomic mass is 16.3. The first-order valence-corrected chi connectivity index (χ1v) is 13.9. The molecule has 0 bridgehead atoms. The van der Waals surface area contributed by atoms with Gasteiger partial charge in [-0.1, -0.05) is 38.5 Å². The number of aromatic nitrogens is 1. The predicted octanol–water partition coefficient (Wildman–Crippen LogP) is 4.94. The Morgan fingerprint density at radius 2 is 1.83 bits per heavy atom. The van der Waals surface area contributed by atoms with Crippen molar-refractivity contribution < 1.29 is 14.0 Å². The minimum absolute atomic E-state index is 0.0150. The van der Waals surface area contributed by atoms with Crippen molar-refractivity contribution >= 4 is 22.9 Å². The van der Waals surface area contributed by atoms with Crippen LogP contribution in [0.15, 0.2) is 22.8 Å². The second-order valence-corrected chi connectivity index (χ2v) is 11.3. The van der Waals surface area contributed by atoms with Crippen molar-refractivity contribution in [3.63, 3.8) is 0 Å². The number of carbonyl (C=O) groups excluding carboxylic acids is 2. The summed E-state index contributed by atoms with van der Waals surface area (Å²) in [4.78, 5) is 32.1. The first kappa shape index (κ1) is 24.4. The molecule has 0 aromatic carbocycles. The summed E-state index contributed by atoms with van der Waals surface area (Å²) in [5, 5.41) is 3.38. The molecule has 0 spiro atoms. The van der Waals surface area contributed by atoms with Gasteiger partial charge in [0.1, 0.15) is 11.2 Å². The average Bonchev–Trinajstić information content (AvgIpc) is 3.41. The fourth-order valence-electron chi connectivity index (χ4n) is 6.49. The third-order valence-corrected chi connectivity index (χ3v) is 8.75. The first-order chi connectivity index (χ1) is 17.0. The van der Waals surface area contributed by atoms with Gasteiger partial charge >= 0.3 is 0 Å². The summed E-state index contributed by atoms with van der Waals surface area (Å²) in [7, 11) is 0. The normalized spacial score (nSPS) is 27.0. The standard InChI is InChI=1S/C28H42N4O3/c1-21-11-8-9-15-30(21)16-10-17-32-26(33)24-19-25-23(14-18-35-25)31(24)20-28(32,2)27(34)29-22-12-6-4-3-5-7-13-22/h14,18-19,21-22H,3-13,15-17,20H2,1-2H3,(H,29,34). The van der Waals surface area contributed by atoms with Crippen molar-refractivity contribution in [2.24, 2.45) is 0 Å². The number of carbonyl (C=O) groups is 2. The second-order valence-electron chi connectivity index (χ2n) is 11.3. The number of nitrogens with one attached hydrogen (secondary N) is 1. The van der Waals surface area contributed by atoms with E-state index in [1.165, 1.54) is 38.5 Å². The molecule has 1 aliphatic carbocycles. The molecule has 7 nitrogen and oxygen atoms in total. The smallest absolute Gasteiger partial charge is 0.271 e. The maximum atomic E-state index is 13.9. The number of likely N-dealkylation sites (tertiary alicyclic amines) is 1. The van der Waals surface area contributed by atoms with Crippen LogP contribution >= 0.6 is 0 Å². The molecule has 4 heterocycles. The molecule has 2 unspecified atom stereocenters. The number of piperidine rings is 1. The summed E-state index contributed by atoms with van der Waals surface area (Å²) in [5.74, 6) is -0.0802. The van der Waals surface area contributed by atoms with Crippen molar-refractivity contribution in [1.82, 2.24) is 19.7 Å². The Kier molecular flexibility index (Phi) is 7.24. The lowest BCUT2D eigenvalue weighted by Gasteiger charge is -2.45. The van der Waals surface area contributed by atoms with Crippen LogP contribution in [0.1, 0.15) is 95.0 Å². The predicted molar refractivity (Wildman–Crippen MR) is 137 cm³/mol. The Hall–Kier alpha value is -2.28. The van der Waals surface area contributed by atoms with E-state index in [0.717, 1.165) is 50.7 Å². The molecule has 192 valence electrons. The fraction of sp³-hybridized carbons (Fsp3) is 0.714. The molecule has 1 saturated heterocycles. The third kappa shape index (κ3) is 4.89. The molecule has 1 saturated carbocycles. The number of rotatable bonds is 6. The lowest BCUT2D eigenvalue weighted by Crippen LogP contribution is -2.65. The number of fused-ring (bicyclic) bond motifs is 3. The molecule has 5 rings (SSSR count). The van der Waals surface area contributed by atoms with E-state index in [1.807, 2.05) is 28.5 Å². The Balaban J connectivity index is 1.37. The molecule has 35 heavy (non-hydrogen) atoms. The van der Waals surface area contributed by atoms with Gasteiger partial charge in [0, 0.05) is 37.3 Å². The largest absolute Gasteiger partial charge is 0.463 e. The SMILES string of the molecule is CC1CCCCN1CCCN1C(=O)c2cc3occc3n2CC1(C)C(=O)NC1CCCCCCC1. The van der Waals surface area contributed by atoms with Crippen LogP contribution in [0.3, 0.4) is 0 Å². The van der Waals surface area contributed by atoms with Gasteiger partial charge in [-0.3, -0.25) is 9.59 Å². The Morgan fingerprint density at radius 1 is 1.09 bits per heavy atom. The number of nitrogens with zero attached hydrogens (tertiary/aromatic N) is 3. The Labute approximate surface area is 209 Å². The number of amides is 2. The monoisotopic (exact) mass is 482 g/mol. The molecule has 3 aliphatic rings. The maximum absolute atomic E-state index is 13.9. The first-order valence-electron chi connectivity index (χ1n) is 13.9. The Bertz CT molecular complexity index is 1030. The van der Waals surface area contributed by atoms with E-state index in [9.17, 15) is 9.59 Å². The molecule has 2 aromatic heterocycles. The van der Waals surface area contributed by atoms with E-state index in [2.05, 4.69) is 17.1 Å². The molecular weight excluding hydrogens is 440 g/mol. The molecule has 1 N–H and O–H groups in total. The van der Waals surface area contributed by atoms with E-state index >= 15 is 0 Å². The van der Waals surface area contributed by atoms with Crippen LogP contribution in [0.5, 0.6) is 0 Å². The molecule has 0 radical (unpaired) electrons. The molecular formula is C28H42N4O3. The van der Waals surface area contributed by atoms with Gasteiger partial charge < -0.3 is 24.1 Å². The summed E-state index contributed by atoms with van der Waals surface area (Å²) < 4.78 is 7.59. The van der Waals surface area contributed by atoms with Gasteiger partial charge in [-0.15, -0.1) is 0 Å². The zero-order valence-electron chi connectivity index (χ0n) is 21.6. The summed E-state index contributed by atoms with van der Waals surface area (Å²) in [6.45, 7) is 7.41. The van der Waals surface area contributed by atoms with Gasteiger partial charge in [0.2, 0.25) is 5.91 Å². The molecule has 2 fully saturated rings. The topological polar surface area (TPSA) is 70.7 Å². The van der Waals surface area contributed by atoms with Crippen molar-refractivity contribution in [2.75, 3.05) is 19.6 Å². The molecule has 2 aromatic rings. The van der Waals surface area contributed by atoms with Crippen LogP contribution in [-0.4, -0.2) is 63.4 Å². The van der Waals surface area contributed by atoms with E-state index in [-0.39, 0.29) is 17.9 Å². The quantitative estimate of drug-likeness (QED) is 0.633. The Morgan fingerprint density at radius 3 is 2.60 bits per heavy atom. The van der Waals surface area contributed by atoms with Crippen molar-refractivity contribution in [1.29, 1.82) is 0 Å². The van der Waals surface area contributed by atoms with Crippen molar-refractivity contribution in [2.45, 2.75) is 109 Å². The fourth-order valence-corrected chi connectivity index (χ4v) is 6.49.